The Morgan fingerprint density at radius 3 is 2.52 bits per heavy atom. The summed E-state index contributed by atoms with van der Waals surface area (Å²) in [6, 6.07) is 12.6. The highest BCUT2D eigenvalue weighted by Crippen LogP contribution is 2.20. The summed E-state index contributed by atoms with van der Waals surface area (Å²) in [7, 11) is 0. The summed E-state index contributed by atoms with van der Waals surface area (Å²) >= 11 is 0. The molecule has 0 radical (unpaired) electrons. The van der Waals surface area contributed by atoms with Gasteiger partial charge in [0.25, 0.3) is 0 Å². The van der Waals surface area contributed by atoms with E-state index in [0.29, 0.717) is 12.1 Å². The number of carbonyl (C=O) groups is 2. The van der Waals surface area contributed by atoms with E-state index in [9.17, 15) is 14.0 Å². The van der Waals surface area contributed by atoms with Crippen LogP contribution in [0.25, 0.3) is 0 Å². The number of nitrogens with one attached hydrogen (secondary N) is 2. The summed E-state index contributed by atoms with van der Waals surface area (Å²) in [5.74, 6) is -1.25. The standard InChI is InChI=1S/C19H22FN3O2/c1-2-6-16(21)19(25)22-14-9-10-15(20)17(12-14)23-18(24)11-13-7-4-3-5-8-13/h3-5,7-10,12,16H,2,6,11,21H2,1H3,(H,22,25)(H,23,24). The lowest BCUT2D eigenvalue weighted by Crippen LogP contribution is -2.35. The molecular weight excluding hydrogens is 321 g/mol. The van der Waals surface area contributed by atoms with E-state index >= 15 is 0 Å². The summed E-state index contributed by atoms with van der Waals surface area (Å²) in [6.45, 7) is 1.94. The molecule has 0 aromatic heterocycles. The van der Waals surface area contributed by atoms with Crippen molar-refractivity contribution in [2.75, 3.05) is 10.6 Å². The average Bonchev–Trinajstić information content (AvgIpc) is 2.59. The van der Waals surface area contributed by atoms with Gasteiger partial charge in [0, 0.05) is 5.69 Å². The average molecular weight is 343 g/mol. The predicted octanol–water partition coefficient (Wildman–Crippen LogP) is 3.07. The summed E-state index contributed by atoms with van der Waals surface area (Å²) in [5, 5.41) is 5.17. The first-order valence-corrected chi connectivity index (χ1v) is 8.19. The zero-order valence-electron chi connectivity index (χ0n) is 14.1. The van der Waals surface area contributed by atoms with E-state index in [1.165, 1.54) is 18.2 Å². The van der Waals surface area contributed by atoms with E-state index in [-0.39, 0.29) is 23.9 Å². The van der Waals surface area contributed by atoms with Crippen LogP contribution < -0.4 is 16.4 Å². The summed E-state index contributed by atoms with van der Waals surface area (Å²) in [4.78, 5) is 24.0. The first-order valence-electron chi connectivity index (χ1n) is 8.19. The molecule has 0 fully saturated rings. The van der Waals surface area contributed by atoms with Crippen LogP contribution in [0.4, 0.5) is 15.8 Å². The number of nitrogens with two attached hydrogens (primary N) is 1. The van der Waals surface area contributed by atoms with E-state index in [0.717, 1.165) is 12.0 Å². The normalized spacial score (nSPS) is 11.6. The zero-order chi connectivity index (χ0) is 18.2. The minimum atomic E-state index is -0.619. The van der Waals surface area contributed by atoms with Gasteiger partial charge in [0.15, 0.2) is 0 Å². The van der Waals surface area contributed by atoms with Gasteiger partial charge < -0.3 is 16.4 Å². The van der Waals surface area contributed by atoms with Gasteiger partial charge in [-0.1, -0.05) is 43.7 Å². The first kappa shape index (κ1) is 18.6. The molecule has 4 N–H and O–H groups in total. The molecule has 5 nitrogen and oxygen atoms in total. The number of halogens is 1. The van der Waals surface area contributed by atoms with Crippen molar-refractivity contribution < 1.29 is 14.0 Å². The maximum atomic E-state index is 13.9. The van der Waals surface area contributed by atoms with Crippen molar-refractivity contribution in [1.29, 1.82) is 0 Å². The zero-order valence-corrected chi connectivity index (χ0v) is 14.1. The number of hydrogen-bond donors (Lipinski definition) is 3. The molecular formula is C19H22FN3O2. The number of carbonyl (C=O) groups excluding carboxylic acids is 2. The van der Waals surface area contributed by atoms with E-state index in [1.54, 1.807) is 0 Å². The highest BCUT2D eigenvalue weighted by molar-refractivity contribution is 5.96. The Hall–Kier alpha value is -2.73. The lowest BCUT2D eigenvalue weighted by atomic mass is 10.1. The number of hydrogen-bond acceptors (Lipinski definition) is 3. The van der Waals surface area contributed by atoms with Crippen LogP contribution in [-0.2, 0) is 16.0 Å². The van der Waals surface area contributed by atoms with Crippen LogP contribution in [0.5, 0.6) is 0 Å². The smallest absolute Gasteiger partial charge is 0.241 e. The molecule has 0 saturated carbocycles. The maximum absolute atomic E-state index is 13.9. The topological polar surface area (TPSA) is 84.2 Å². The second-order valence-corrected chi connectivity index (χ2v) is 5.79. The van der Waals surface area contributed by atoms with Crippen molar-refractivity contribution in [2.45, 2.75) is 32.2 Å². The van der Waals surface area contributed by atoms with E-state index in [1.807, 2.05) is 37.3 Å². The van der Waals surface area contributed by atoms with Crippen molar-refractivity contribution in [3.63, 3.8) is 0 Å². The van der Waals surface area contributed by atoms with Crippen molar-refractivity contribution in [2.24, 2.45) is 5.73 Å². The number of benzene rings is 2. The summed E-state index contributed by atoms with van der Waals surface area (Å²) in [5.41, 5.74) is 6.98. The molecule has 0 heterocycles. The molecule has 2 aromatic carbocycles. The van der Waals surface area contributed by atoms with Crippen LogP contribution in [-0.4, -0.2) is 17.9 Å². The molecule has 0 saturated heterocycles. The number of rotatable bonds is 7. The Labute approximate surface area is 146 Å². The largest absolute Gasteiger partial charge is 0.325 e. The van der Waals surface area contributed by atoms with Crippen LogP contribution in [0.2, 0.25) is 0 Å². The fourth-order valence-corrected chi connectivity index (χ4v) is 2.35. The molecule has 0 spiro atoms. The second kappa shape index (κ2) is 8.94. The maximum Gasteiger partial charge on any atom is 0.241 e. The molecule has 0 aliphatic carbocycles. The minimum Gasteiger partial charge on any atom is -0.325 e. The fraction of sp³-hybridized carbons (Fsp3) is 0.263. The molecule has 6 heteroatoms. The lowest BCUT2D eigenvalue weighted by Gasteiger charge is -2.13. The quantitative estimate of drug-likeness (QED) is 0.722. The van der Waals surface area contributed by atoms with Crippen molar-refractivity contribution in [3.8, 4) is 0 Å². The molecule has 2 aromatic rings. The third-order valence-corrected chi connectivity index (χ3v) is 3.65. The van der Waals surface area contributed by atoms with Crippen LogP contribution in [0.3, 0.4) is 0 Å². The van der Waals surface area contributed by atoms with Crippen LogP contribution >= 0.6 is 0 Å². The second-order valence-electron chi connectivity index (χ2n) is 5.79. The molecule has 0 aliphatic heterocycles. The Bertz CT molecular complexity index is 735. The van der Waals surface area contributed by atoms with Gasteiger partial charge in [0.1, 0.15) is 5.82 Å². The van der Waals surface area contributed by atoms with Gasteiger partial charge in [-0.3, -0.25) is 9.59 Å². The van der Waals surface area contributed by atoms with Gasteiger partial charge in [0.05, 0.1) is 18.2 Å². The fourth-order valence-electron chi connectivity index (χ4n) is 2.35. The Balaban J connectivity index is 2.03. The summed E-state index contributed by atoms with van der Waals surface area (Å²) < 4.78 is 13.9. The molecule has 25 heavy (non-hydrogen) atoms. The van der Waals surface area contributed by atoms with Crippen LogP contribution in [0.15, 0.2) is 48.5 Å². The van der Waals surface area contributed by atoms with Gasteiger partial charge in [-0.25, -0.2) is 4.39 Å². The highest BCUT2D eigenvalue weighted by atomic mass is 19.1. The Morgan fingerprint density at radius 2 is 1.84 bits per heavy atom. The monoisotopic (exact) mass is 343 g/mol. The molecule has 2 rings (SSSR count). The van der Waals surface area contributed by atoms with E-state index in [4.69, 9.17) is 5.73 Å². The van der Waals surface area contributed by atoms with Gasteiger partial charge in [0.2, 0.25) is 11.8 Å². The lowest BCUT2D eigenvalue weighted by molar-refractivity contribution is -0.117. The Kier molecular flexibility index (Phi) is 6.65. The van der Waals surface area contributed by atoms with Gasteiger partial charge in [-0.05, 0) is 30.2 Å². The third-order valence-electron chi connectivity index (χ3n) is 3.65. The Morgan fingerprint density at radius 1 is 1.12 bits per heavy atom. The summed E-state index contributed by atoms with van der Waals surface area (Å²) in [6.07, 6.45) is 1.49. The SMILES string of the molecule is CCCC(N)C(=O)Nc1ccc(F)c(NC(=O)Cc2ccccc2)c1. The van der Waals surface area contributed by atoms with E-state index in [2.05, 4.69) is 10.6 Å². The minimum absolute atomic E-state index is 0.0165. The van der Waals surface area contributed by atoms with Crippen molar-refractivity contribution >= 4 is 23.2 Å². The number of amides is 2. The first-order chi connectivity index (χ1) is 12.0. The van der Waals surface area contributed by atoms with Crippen LogP contribution in [0.1, 0.15) is 25.3 Å². The van der Waals surface area contributed by atoms with Gasteiger partial charge in [-0.2, -0.15) is 0 Å². The van der Waals surface area contributed by atoms with Crippen LogP contribution in [0, 0.1) is 5.82 Å². The third kappa shape index (κ3) is 5.69. The van der Waals surface area contributed by atoms with Gasteiger partial charge >= 0.3 is 0 Å². The molecule has 0 bridgehead atoms. The van der Waals surface area contributed by atoms with Gasteiger partial charge in [-0.15, -0.1) is 0 Å². The molecule has 0 aliphatic rings. The van der Waals surface area contributed by atoms with Crippen molar-refractivity contribution in [1.82, 2.24) is 0 Å². The van der Waals surface area contributed by atoms with Crippen molar-refractivity contribution in [3.05, 3.63) is 59.9 Å². The highest BCUT2D eigenvalue weighted by Gasteiger charge is 2.14. The molecule has 132 valence electrons. The predicted molar refractivity (Wildman–Crippen MR) is 96.7 cm³/mol. The molecule has 2 amide bonds. The molecule has 1 atom stereocenters. The number of anilines is 2. The van der Waals surface area contributed by atoms with E-state index < -0.39 is 11.9 Å². The molecule has 1 unspecified atom stereocenters.